The highest BCUT2D eigenvalue weighted by atomic mass is 16.6. The van der Waals surface area contributed by atoms with Crippen molar-refractivity contribution in [3.63, 3.8) is 0 Å². The van der Waals surface area contributed by atoms with Gasteiger partial charge in [0.05, 0.1) is 33.3 Å². The maximum absolute atomic E-state index is 4.98. The van der Waals surface area contributed by atoms with Crippen LogP contribution in [0.4, 0.5) is 0 Å². The second kappa shape index (κ2) is 4.80. The predicted octanol–water partition coefficient (Wildman–Crippen LogP) is 0.897. The third-order valence-electron chi connectivity index (χ3n) is 2.86. The molecule has 72 valence electrons. The van der Waals surface area contributed by atoms with E-state index in [0.29, 0.717) is 6.61 Å². The van der Waals surface area contributed by atoms with Crippen molar-refractivity contribution < 1.29 is 9.32 Å². The summed E-state index contributed by atoms with van der Waals surface area (Å²) in [5.74, 6) is 4.98. The van der Waals surface area contributed by atoms with Crippen LogP contribution in [-0.4, -0.2) is 37.8 Å². The molecule has 1 aliphatic heterocycles. The van der Waals surface area contributed by atoms with Crippen molar-refractivity contribution in [2.45, 2.75) is 25.7 Å². The van der Waals surface area contributed by atoms with E-state index in [-0.39, 0.29) is 0 Å². The number of nitrogens with zero attached hydrogens (tertiary/aromatic N) is 1. The highest BCUT2D eigenvalue weighted by Crippen LogP contribution is 2.16. The molecule has 1 fully saturated rings. The Morgan fingerprint density at radius 1 is 1.25 bits per heavy atom. The monoisotopic (exact) mass is 174 g/mol. The van der Waals surface area contributed by atoms with Crippen molar-refractivity contribution >= 4 is 0 Å². The molecule has 0 atom stereocenters. The van der Waals surface area contributed by atoms with Crippen LogP contribution in [0.15, 0.2) is 0 Å². The maximum atomic E-state index is 4.98. The minimum atomic E-state index is 0.702. The van der Waals surface area contributed by atoms with Gasteiger partial charge in [-0.25, -0.2) is 5.90 Å². The first-order valence-corrected chi connectivity index (χ1v) is 4.92. The molecule has 12 heavy (non-hydrogen) atoms. The molecule has 1 aliphatic rings. The van der Waals surface area contributed by atoms with Gasteiger partial charge in [0, 0.05) is 6.42 Å². The molecule has 0 aliphatic carbocycles. The molecule has 0 amide bonds. The van der Waals surface area contributed by atoms with Gasteiger partial charge >= 0.3 is 0 Å². The Hall–Kier alpha value is -0.120. The summed E-state index contributed by atoms with van der Waals surface area (Å²) in [6.07, 6.45) is 5.29. The first-order chi connectivity index (χ1) is 5.77. The van der Waals surface area contributed by atoms with Gasteiger partial charge in [0.2, 0.25) is 0 Å². The average Bonchev–Trinajstić information content (AvgIpc) is 2.06. The fourth-order valence-electron chi connectivity index (χ4n) is 2.03. The third-order valence-corrected chi connectivity index (χ3v) is 2.86. The van der Waals surface area contributed by atoms with E-state index < -0.39 is 0 Å². The number of nitrogens with two attached hydrogens (primary N) is 1. The summed E-state index contributed by atoms with van der Waals surface area (Å²) >= 11 is 0. The van der Waals surface area contributed by atoms with Gasteiger partial charge in [-0.15, -0.1) is 0 Å². The van der Waals surface area contributed by atoms with Crippen LogP contribution < -0.4 is 5.90 Å². The van der Waals surface area contributed by atoms with E-state index in [1.165, 1.54) is 43.4 Å². The van der Waals surface area contributed by atoms with Crippen LogP contribution in [0.5, 0.6) is 0 Å². The molecule has 0 bridgehead atoms. The van der Waals surface area contributed by atoms with Crippen molar-refractivity contribution in [1.82, 2.24) is 0 Å². The van der Waals surface area contributed by atoms with Gasteiger partial charge in [0.15, 0.2) is 0 Å². The van der Waals surface area contributed by atoms with E-state index in [4.69, 9.17) is 5.90 Å². The summed E-state index contributed by atoms with van der Waals surface area (Å²) in [6.45, 7) is 4.60. The molecule has 1 heterocycles. The van der Waals surface area contributed by atoms with Gasteiger partial charge in [-0.3, -0.25) is 0 Å². The zero-order chi connectivity index (χ0) is 8.86. The number of quaternary nitrogens is 1. The smallest absolute Gasteiger partial charge is 0.0807 e. The number of likely N-dealkylation sites (tertiary alicyclic amines) is 1. The van der Waals surface area contributed by atoms with Crippen LogP contribution in [0.25, 0.3) is 0 Å². The molecule has 0 unspecified atom stereocenters. The Labute approximate surface area is 75.0 Å². The summed E-state index contributed by atoms with van der Waals surface area (Å²) in [5.41, 5.74) is 0. The summed E-state index contributed by atoms with van der Waals surface area (Å²) in [6, 6.07) is 0. The molecule has 2 N–H and O–H groups in total. The Kier molecular flexibility index (Phi) is 3.98. The summed E-state index contributed by atoms with van der Waals surface area (Å²) in [5, 5.41) is 0. The topological polar surface area (TPSA) is 35.2 Å². The molecule has 0 radical (unpaired) electrons. The molecule has 0 aromatic rings. The van der Waals surface area contributed by atoms with Crippen molar-refractivity contribution in [1.29, 1.82) is 0 Å². The molecule has 0 saturated carbocycles. The third kappa shape index (κ3) is 3.09. The number of piperidine rings is 1. The van der Waals surface area contributed by atoms with Gasteiger partial charge in [0.25, 0.3) is 0 Å². The summed E-state index contributed by atoms with van der Waals surface area (Å²) in [7, 11) is 2.34. The Morgan fingerprint density at radius 3 is 2.50 bits per heavy atom. The van der Waals surface area contributed by atoms with Gasteiger partial charge in [-0.1, -0.05) is 0 Å². The lowest BCUT2D eigenvalue weighted by Crippen LogP contribution is -2.48. The van der Waals surface area contributed by atoms with Gasteiger partial charge < -0.3 is 9.32 Å². The molecule has 3 heteroatoms. The molecule has 3 nitrogen and oxygen atoms in total. The van der Waals surface area contributed by atoms with Crippen LogP contribution in [0.1, 0.15) is 25.7 Å². The van der Waals surface area contributed by atoms with Crippen molar-refractivity contribution in [2.24, 2.45) is 5.90 Å². The molecule has 1 saturated heterocycles. The minimum absolute atomic E-state index is 0.702. The van der Waals surface area contributed by atoms with Crippen molar-refractivity contribution in [3.8, 4) is 0 Å². The van der Waals surface area contributed by atoms with Gasteiger partial charge in [-0.05, 0) is 19.3 Å². The van der Waals surface area contributed by atoms with Gasteiger partial charge in [-0.2, -0.15) is 0 Å². The molecule has 0 aromatic carbocycles. The highest BCUT2D eigenvalue weighted by molar-refractivity contribution is 4.51. The normalized spacial score (nSPS) is 22.5. The van der Waals surface area contributed by atoms with E-state index >= 15 is 0 Å². The fourth-order valence-corrected chi connectivity index (χ4v) is 2.03. The first-order valence-electron chi connectivity index (χ1n) is 4.92. The predicted molar refractivity (Wildman–Crippen MR) is 49.4 cm³/mol. The maximum Gasteiger partial charge on any atom is 0.0807 e. The Bertz CT molecular complexity index is 122. The minimum Gasteiger partial charge on any atom is -0.326 e. The lowest BCUT2D eigenvalue weighted by Gasteiger charge is -2.37. The number of hydrogen-bond acceptors (Lipinski definition) is 2. The van der Waals surface area contributed by atoms with E-state index in [9.17, 15) is 0 Å². The van der Waals surface area contributed by atoms with E-state index in [0.717, 1.165) is 6.42 Å². The van der Waals surface area contributed by atoms with Crippen LogP contribution in [0.3, 0.4) is 0 Å². The van der Waals surface area contributed by atoms with Crippen LogP contribution >= 0.6 is 0 Å². The summed E-state index contributed by atoms with van der Waals surface area (Å²) in [4.78, 5) is 4.57. The zero-order valence-electron chi connectivity index (χ0n) is 8.09. The zero-order valence-corrected chi connectivity index (χ0v) is 8.09. The SMILES string of the molecule is [13CH3][N+]1(CCCON)CCCCC1. The van der Waals surface area contributed by atoms with Crippen molar-refractivity contribution in [2.75, 3.05) is 33.3 Å². The largest absolute Gasteiger partial charge is 0.326 e. The van der Waals surface area contributed by atoms with E-state index in [1.807, 2.05) is 0 Å². The van der Waals surface area contributed by atoms with Crippen LogP contribution in [0, 0.1) is 0 Å². The highest BCUT2D eigenvalue weighted by Gasteiger charge is 2.23. The quantitative estimate of drug-likeness (QED) is 0.297. The summed E-state index contributed by atoms with van der Waals surface area (Å²) < 4.78 is 1.23. The van der Waals surface area contributed by atoms with Gasteiger partial charge in [0.1, 0.15) is 0 Å². The molecule has 0 spiro atoms. The Balaban J connectivity index is 2.17. The average molecular weight is 174 g/mol. The molecular formula is C9H21N2O+. The fraction of sp³-hybridized carbons (Fsp3) is 1.00. The molecule has 0 aromatic heterocycles. The number of rotatable bonds is 4. The lowest BCUT2D eigenvalue weighted by molar-refractivity contribution is -0.914. The van der Waals surface area contributed by atoms with Crippen molar-refractivity contribution in [3.05, 3.63) is 0 Å². The molecule has 1 rings (SSSR count). The standard InChI is InChI=1S/C9H21N2O/c1-11(8-5-9-12-10)6-3-2-4-7-11/h2-10H2,1H3/q+1/i1+1. The molecular weight excluding hydrogens is 153 g/mol. The van der Waals surface area contributed by atoms with E-state index in [1.54, 1.807) is 0 Å². The second-order valence-electron chi connectivity index (χ2n) is 4.08. The second-order valence-corrected chi connectivity index (χ2v) is 4.08. The lowest BCUT2D eigenvalue weighted by atomic mass is 10.1. The van der Waals surface area contributed by atoms with E-state index in [2.05, 4.69) is 11.9 Å². The van der Waals surface area contributed by atoms with Crippen LogP contribution in [0.2, 0.25) is 0 Å². The first kappa shape index (κ1) is 9.96. The number of hydrogen-bond donors (Lipinski definition) is 1. The Morgan fingerprint density at radius 2 is 1.92 bits per heavy atom. The van der Waals surface area contributed by atoms with Crippen LogP contribution in [-0.2, 0) is 4.84 Å².